The molecule has 0 aliphatic carbocycles. The highest BCUT2D eigenvalue weighted by atomic mass is 16.3. The highest BCUT2D eigenvalue weighted by Crippen LogP contribution is 2.27. The van der Waals surface area contributed by atoms with Gasteiger partial charge < -0.3 is 9.73 Å². The molecule has 0 fully saturated rings. The molecule has 0 bridgehead atoms. The minimum atomic E-state index is -0.0456. The minimum absolute atomic E-state index is 0.0456. The molecule has 0 radical (unpaired) electrons. The molecule has 1 aromatic carbocycles. The van der Waals surface area contributed by atoms with E-state index in [0.29, 0.717) is 0 Å². The summed E-state index contributed by atoms with van der Waals surface area (Å²) >= 11 is 0. The Morgan fingerprint density at radius 2 is 2.15 bits per heavy atom. The Labute approximate surface area is 117 Å². The average molecular weight is 267 g/mol. The molecule has 1 unspecified atom stereocenters. The molecule has 20 heavy (non-hydrogen) atoms. The molecule has 0 saturated heterocycles. The SMILES string of the molecule is CCNC(c1ccncn1)c1cc2cc(C)ccc2o1. The third-order valence-corrected chi connectivity index (χ3v) is 3.28. The normalized spacial score (nSPS) is 12.7. The number of aryl methyl sites for hydroxylation is 1. The van der Waals surface area contributed by atoms with Crippen LogP contribution >= 0.6 is 0 Å². The fraction of sp³-hybridized carbons (Fsp3) is 0.250. The number of fused-ring (bicyclic) bond motifs is 1. The maximum atomic E-state index is 5.97. The summed E-state index contributed by atoms with van der Waals surface area (Å²) in [4.78, 5) is 8.29. The van der Waals surface area contributed by atoms with Gasteiger partial charge in [0.25, 0.3) is 0 Å². The van der Waals surface area contributed by atoms with Crippen molar-refractivity contribution in [1.82, 2.24) is 15.3 Å². The molecule has 4 heteroatoms. The van der Waals surface area contributed by atoms with Crippen LogP contribution in [0.2, 0.25) is 0 Å². The molecule has 0 saturated carbocycles. The first-order valence-electron chi connectivity index (χ1n) is 6.77. The van der Waals surface area contributed by atoms with Crippen molar-refractivity contribution in [1.29, 1.82) is 0 Å². The van der Waals surface area contributed by atoms with Crippen molar-refractivity contribution < 1.29 is 4.42 Å². The van der Waals surface area contributed by atoms with E-state index in [-0.39, 0.29) is 6.04 Å². The van der Waals surface area contributed by atoms with Gasteiger partial charge >= 0.3 is 0 Å². The Kier molecular flexibility index (Phi) is 3.48. The number of nitrogens with zero attached hydrogens (tertiary/aromatic N) is 2. The summed E-state index contributed by atoms with van der Waals surface area (Å²) < 4.78 is 5.97. The van der Waals surface area contributed by atoms with Crippen LogP contribution < -0.4 is 5.32 Å². The maximum Gasteiger partial charge on any atom is 0.134 e. The van der Waals surface area contributed by atoms with Gasteiger partial charge in [-0.05, 0) is 37.7 Å². The number of hydrogen-bond acceptors (Lipinski definition) is 4. The van der Waals surface area contributed by atoms with Gasteiger partial charge in [0.2, 0.25) is 0 Å². The summed E-state index contributed by atoms with van der Waals surface area (Å²) in [6, 6.07) is 10.1. The number of aromatic nitrogens is 2. The Bertz CT molecular complexity index is 706. The zero-order chi connectivity index (χ0) is 13.9. The highest BCUT2D eigenvalue weighted by Gasteiger charge is 2.18. The lowest BCUT2D eigenvalue weighted by molar-refractivity contribution is 0.470. The summed E-state index contributed by atoms with van der Waals surface area (Å²) in [6.07, 6.45) is 3.31. The number of hydrogen-bond donors (Lipinski definition) is 1. The fourth-order valence-corrected chi connectivity index (χ4v) is 2.35. The van der Waals surface area contributed by atoms with Crippen molar-refractivity contribution in [2.24, 2.45) is 0 Å². The maximum absolute atomic E-state index is 5.97. The molecule has 2 aromatic heterocycles. The van der Waals surface area contributed by atoms with E-state index in [0.717, 1.165) is 29.0 Å². The monoisotopic (exact) mass is 267 g/mol. The van der Waals surface area contributed by atoms with Crippen molar-refractivity contribution in [3.63, 3.8) is 0 Å². The zero-order valence-corrected chi connectivity index (χ0v) is 11.6. The molecule has 3 aromatic rings. The molecule has 0 aliphatic heterocycles. The van der Waals surface area contributed by atoms with Crippen LogP contribution in [0.3, 0.4) is 0 Å². The van der Waals surface area contributed by atoms with Crippen LogP contribution in [0.5, 0.6) is 0 Å². The molecule has 0 aliphatic rings. The quantitative estimate of drug-likeness (QED) is 0.788. The van der Waals surface area contributed by atoms with Crippen molar-refractivity contribution in [3.8, 4) is 0 Å². The van der Waals surface area contributed by atoms with Crippen LogP contribution in [0.25, 0.3) is 11.0 Å². The van der Waals surface area contributed by atoms with Crippen molar-refractivity contribution in [2.45, 2.75) is 19.9 Å². The molecule has 2 heterocycles. The number of furan rings is 1. The van der Waals surface area contributed by atoms with E-state index in [9.17, 15) is 0 Å². The standard InChI is InChI=1S/C16H17N3O/c1-3-18-16(13-6-7-17-10-19-13)15-9-12-8-11(2)4-5-14(12)20-15/h4-10,16,18H,3H2,1-2H3. The van der Waals surface area contributed by atoms with Crippen LogP contribution in [-0.2, 0) is 0 Å². The fourth-order valence-electron chi connectivity index (χ4n) is 2.35. The van der Waals surface area contributed by atoms with Crippen molar-refractivity contribution in [2.75, 3.05) is 6.54 Å². The van der Waals surface area contributed by atoms with E-state index in [1.54, 1.807) is 12.5 Å². The second-order valence-electron chi connectivity index (χ2n) is 4.81. The largest absolute Gasteiger partial charge is 0.459 e. The summed E-state index contributed by atoms with van der Waals surface area (Å²) in [6.45, 7) is 4.99. The molecule has 0 spiro atoms. The number of benzene rings is 1. The molecule has 3 rings (SSSR count). The van der Waals surface area contributed by atoms with E-state index >= 15 is 0 Å². The molecule has 0 amide bonds. The van der Waals surface area contributed by atoms with Crippen molar-refractivity contribution >= 4 is 11.0 Å². The lowest BCUT2D eigenvalue weighted by Gasteiger charge is -2.14. The Morgan fingerprint density at radius 1 is 1.25 bits per heavy atom. The van der Waals surface area contributed by atoms with E-state index in [1.807, 2.05) is 12.1 Å². The highest BCUT2D eigenvalue weighted by molar-refractivity contribution is 5.78. The van der Waals surface area contributed by atoms with Gasteiger partial charge in [0.15, 0.2) is 0 Å². The Balaban J connectivity index is 2.05. The Hall–Kier alpha value is -2.20. The molecule has 4 nitrogen and oxygen atoms in total. The lowest BCUT2D eigenvalue weighted by atomic mass is 10.1. The van der Waals surface area contributed by atoms with Crippen LogP contribution in [0, 0.1) is 6.92 Å². The van der Waals surface area contributed by atoms with Gasteiger partial charge in [-0.15, -0.1) is 0 Å². The second-order valence-corrected chi connectivity index (χ2v) is 4.81. The first kappa shape index (κ1) is 12.8. The number of rotatable bonds is 4. The predicted molar refractivity (Wildman–Crippen MR) is 78.5 cm³/mol. The summed E-state index contributed by atoms with van der Waals surface area (Å²) in [5.41, 5.74) is 3.05. The smallest absolute Gasteiger partial charge is 0.134 e. The topological polar surface area (TPSA) is 51.0 Å². The van der Waals surface area contributed by atoms with Gasteiger partial charge in [0, 0.05) is 11.6 Å². The van der Waals surface area contributed by atoms with Crippen LogP contribution in [0.1, 0.15) is 30.0 Å². The Morgan fingerprint density at radius 3 is 2.90 bits per heavy atom. The molecule has 1 atom stereocenters. The van der Waals surface area contributed by atoms with Crippen LogP contribution in [-0.4, -0.2) is 16.5 Å². The summed E-state index contributed by atoms with van der Waals surface area (Å²) in [5, 5.41) is 4.53. The van der Waals surface area contributed by atoms with E-state index in [2.05, 4.69) is 47.3 Å². The van der Waals surface area contributed by atoms with Crippen molar-refractivity contribution in [3.05, 3.63) is 59.9 Å². The van der Waals surface area contributed by atoms with E-state index in [1.165, 1.54) is 5.56 Å². The van der Waals surface area contributed by atoms with Gasteiger partial charge in [0.05, 0.1) is 5.69 Å². The zero-order valence-electron chi connectivity index (χ0n) is 11.6. The van der Waals surface area contributed by atoms with Gasteiger partial charge in [-0.25, -0.2) is 9.97 Å². The number of nitrogens with one attached hydrogen (secondary N) is 1. The molecular weight excluding hydrogens is 250 g/mol. The molecular formula is C16H17N3O. The third-order valence-electron chi connectivity index (χ3n) is 3.28. The predicted octanol–water partition coefficient (Wildman–Crippen LogP) is 3.23. The minimum Gasteiger partial charge on any atom is -0.459 e. The van der Waals surface area contributed by atoms with Crippen LogP contribution in [0.15, 0.2) is 47.3 Å². The molecule has 102 valence electrons. The van der Waals surface area contributed by atoms with Gasteiger partial charge in [0.1, 0.15) is 23.7 Å². The summed E-state index contributed by atoms with van der Waals surface area (Å²) in [7, 11) is 0. The summed E-state index contributed by atoms with van der Waals surface area (Å²) in [5.74, 6) is 0.881. The van der Waals surface area contributed by atoms with E-state index < -0.39 is 0 Å². The van der Waals surface area contributed by atoms with E-state index in [4.69, 9.17) is 4.42 Å². The first-order valence-corrected chi connectivity index (χ1v) is 6.77. The third kappa shape index (κ3) is 2.42. The van der Waals surface area contributed by atoms with Gasteiger partial charge in [-0.1, -0.05) is 18.6 Å². The first-order chi connectivity index (χ1) is 9.78. The van der Waals surface area contributed by atoms with Crippen LogP contribution in [0.4, 0.5) is 0 Å². The van der Waals surface area contributed by atoms with Gasteiger partial charge in [-0.2, -0.15) is 0 Å². The second kappa shape index (κ2) is 5.43. The average Bonchev–Trinajstić information content (AvgIpc) is 2.88. The van der Waals surface area contributed by atoms with Gasteiger partial charge in [-0.3, -0.25) is 0 Å². The lowest BCUT2D eigenvalue weighted by Crippen LogP contribution is -2.22. The molecule has 1 N–H and O–H groups in total.